The van der Waals surface area contributed by atoms with Crippen molar-refractivity contribution in [3.63, 3.8) is 0 Å². The molecule has 2 rings (SSSR count). The van der Waals surface area contributed by atoms with Crippen molar-refractivity contribution >= 4 is 33.4 Å². The Kier molecular flexibility index (Phi) is 3.42. The van der Waals surface area contributed by atoms with Gasteiger partial charge in [0, 0.05) is 10.9 Å². The Morgan fingerprint density at radius 1 is 1.53 bits per heavy atom. The minimum Gasteiger partial charge on any atom is -0.344 e. The number of halogens is 2. The highest BCUT2D eigenvalue weighted by Gasteiger charge is 2.27. The van der Waals surface area contributed by atoms with E-state index in [1.54, 1.807) is 6.07 Å². The molecule has 0 aliphatic carbocycles. The van der Waals surface area contributed by atoms with E-state index >= 15 is 0 Å². The fraction of sp³-hybridized carbons (Fsp3) is 0.273. The second-order valence-corrected chi connectivity index (χ2v) is 4.69. The largest absolute Gasteiger partial charge is 0.344 e. The first kappa shape index (κ1) is 12.0. The van der Waals surface area contributed by atoms with Gasteiger partial charge in [0.15, 0.2) is 0 Å². The van der Waals surface area contributed by atoms with Gasteiger partial charge in [-0.1, -0.05) is 15.9 Å². The first-order valence-corrected chi connectivity index (χ1v) is 5.91. The van der Waals surface area contributed by atoms with Crippen molar-refractivity contribution in [3.8, 4) is 0 Å². The van der Waals surface area contributed by atoms with Crippen molar-refractivity contribution in [2.45, 2.75) is 18.9 Å². The molecule has 1 aliphatic rings. The summed E-state index contributed by atoms with van der Waals surface area (Å²) in [7, 11) is 0. The van der Waals surface area contributed by atoms with Gasteiger partial charge in [-0.05, 0) is 24.6 Å². The number of amides is 2. The van der Waals surface area contributed by atoms with Crippen molar-refractivity contribution in [2.24, 2.45) is 0 Å². The van der Waals surface area contributed by atoms with Gasteiger partial charge in [0.25, 0.3) is 0 Å². The van der Waals surface area contributed by atoms with Gasteiger partial charge >= 0.3 is 0 Å². The van der Waals surface area contributed by atoms with Crippen LogP contribution in [0.25, 0.3) is 0 Å². The van der Waals surface area contributed by atoms with Crippen LogP contribution >= 0.6 is 15.9 Å². The Morgan fingerprint density at radius 3 is 2.88 bits per heavy atom. The zero-order valence-electron chi connectivity index (χ0n) is 8.80. The van der Waals surface area contributed by atoms with E-state index in [0.717, 1.165) is 0 Å². The molecule has 1 aromatic carbocycles. The second-order valence-electron chi connectivity index (χ2n) is 3.77. The lowest BCUT2D eigenvalue weighted by Gasteiger charge is -2.11. The minimum atomic E-state index is -0.564. The highest BCUT2D eigenvalue weighted by molar-refractivity contribution is 9.10. The summed E-state index contributed by atoms with van der Waals surface area (Å²) in [5, 5.41) is 4.97. The number of hydrogen-bond acceptors (Lipinski definition) is 2. The van der Waals surface area contributed by atoms with Crippen molar-refractivity contribution in [1.82, 2.24) is 5.32 Å². The smallest absolute Gasteiger partial charge is 0.247 e. The Hall–Kier alpha value is -1.43. The zero-order valence-corrected chi connectivity index (χ0v) is 10.4. The van der Waals surface area contributed by atoms with E-state index in [-0.39, 0.29) is 11.6 Å². The summed E-state index contributed by atoms with van der Waals surface area (Å²) in [5.41, 5.74) is 0.111. The molecule has 90 valence electrons. The number of anilines is 1. The number of nitrogens with one attached hydrogen (secondary N) is 2. The van der Waals surface area contributed by atoms with Crippen LogP contribution in [0.2, 0.25) is 0 Å². The van der Waals surface area contributed by atoms with Crippen LogP contribution in [-0.2, 0) is 9.59 Å². The molecular weight excluding hydrogens is 291 g/mol. The van der Waals surface area contributed by atoms with E-state index in [4.69, 9.17) is 0 Å². The fourth-order valence-corrected chi connectivity index (χ4v) is 1.95. The second kappa shape index (κ2) is 4.83. The molecule has 1 atom stereocenters. The van der Waals surface area contributed by atoms with Gasteiger partial charge in [-0.3, -0.25) is 9.59 Å². The SMILES string of the molecule is O=C1CC[C@@H](C(=O)Nc2ccc(Br)cc2F)N1. The van der Waals surface area contributed by atoms with Crippen molar-refractivity contribution in [2.75, 3.05) is 5.32 Å². The van der Waals surface area contributed by atoms with Crippen LogP contribution < -0.4 is 10.6 Å². The maximum atomic E-state index is 13.4. The lowest BCUT2D eigenvalue weighted by atomic mass is 10.2. The van der Waals surface area contributed by atoms with Crippen LogP contribution in [0, 0.1) is 5.82 Å². The topological polar surface area (TPSA) is 58.2 Å². The van der Waals surface area contributed by atoms with Crippen LogP contribution in [-0.4, -0.2) is 17.9 Å². The Bertz CT molecular complexity index is 479. The summed E-state index contributed by atoms with van der Waals surface area (Å²) < 4.78 is 14.0. The lowest BCUT2D eigenvalue weighted by Crippen LogP contribution is -2.37. The van der Waals surface area contributed by atoms with E-state index in [0.29, 0.717) is 17.3 Å². The number of rotatable bonds is 2. The fourth-order valence-electron chi connectivity index (χ4n) is 1.62. The monoisotopic (exact) mass is 300 g/mol. The van der Waals surface area contributed by atoms with Crippen molar-refractivity contribution in [1.29, 1.82) is 0 Å². The molecular formula is C11H10BrFN2O2. The van der Waals surface area contributed by atoms with Crippen molar-refractivity contribution in [3.05, 3.63) is 28.5 Å². The van der Waals surface area contributed by atoms with Crippen LogP contribution in [0.3, 0.4) is 0 Å². The van der Waals surface area contributed by atoms with Gasteiger partial charge in [-0.25, -0.2) is 4.39 Å². The van der Waals surface area contributed by atoms with Gasteiger partial charge in [0.05, 0.1) is 5.69 Å². The molecule has 0 saturated carbocycles. The van der Waals surface area contributed by atoms with Gasteiger partial charge < -0.3 is 10.6 Å². The Labute approximate surface area is 106 Å². The van der Waals surface area contributed by atoms with E-state index in [1.165, 1.54) is 12.1 Å². The van der Waals surface area contributed by atoms with Gasteiger partial charge in [-0.2, -0.15) is 0 Å². The predicted octanol–water partition coefficient (Wildman–Crippen LogP) is 1.81. The van der Waals surface area contributed by atoms with Crippen LogP contribution in [0.15, 0.2) is 22.7 Å². The molecule has 0 aromatic heterocycles. The summed E-state index contributed by atoms with van der Waals surface area (Å²) in [6.07, 6.45) is 0.781. The summed E-state index contributed by atoms with van der Waals surface area (Å²) in [5.74, 6) is -1.06. The molecule has 17 heavy (non-hydrogen) atoms. The predicted molar refractivity (Wildman–Crippen MR) is 63.9 cm³/mol. The van der Waals surface area contributed by atoms with E-state index < -0.39 is 17.8 Å². The number of hydrogen-bond donors (Lipinski definition) is 2. The quantitative estimate of drug-likeness (QED) is 0.875. The molecule has 0 spiro atoms. The van der Waals surface area contributed by atoms with Gasteiger partial charge in [-0.15, -0.1) is 0 Å². The maximum absolute atomic E-state index is 13.4. The van der Waals surface area contributed by atoms with E-state index in [9.17, 15) is 14.0 Å². The third kappa shape index (κ3) is 2.82. The maximum Gasteiger partial charge on any atom is 0.247 e. The molecule has 1 aliphatic heterocycles. The Balaban J connectivity index is 2.05. The minimum absolute atomic E-state index is 0.111. The molecule has 0 unspecified atom stereocenters. The normalized spacial score (nSPS) is 18.9. The number of carbonyl (C=O) groups excluding carboxylic acids is 2. The third-order valence-corrected chi connectivity index (χ3v) is 2.99. The summed E-state index contributed by atoms with van der Waals surface area (Å²) >= 11 is 3.13. The first-order valence-electron chi connectivity index (χ1n) is 5.11. The summed E-state index contributed by atoms with van der Waals surface area (Å²) in [6, 6.07) is 3.80. The third-order valence-electron chi connectivity index (χ3n) is 2.50. The van der Waals surface area contributed by atoms with Crippen LogP contribution in [0.1, 0.15) is 12.8 Å². The molecule has 0 bridgehead atoms. The molecule has 1 heterocycles. The lowest BCUT2D eigenvalue weighted by molar-refractivity contribution is -0.122. The number of carbonyl (C=O) groups is 2. The molecule has 2 N–H and O–H groups in total. The Morgan fingerprint density at radius 2 is 2.29 bits per heavy atom. The molecule has 4 nitrogen and oxygen atoms in total. The molecule has 1 saturated heterocycles. The summed E-state index contributed by atoms with van der Waals surface area (Å²) in [6.45, 7) is 0. The average molecular weight is 301 g/mol. The van der Waals surface area contributed by atoms with Crippen LogP contribution in [0.4, 0.5) is 10.1 Å². The standard InChI is InChI=1S/C11H10BrFN2O2/c12-6-1-2-8(7(13)5-6)15-11(17)9-3-4-10(16)14-9/h1-2,5,9H,3-4H2,(H,14,16)(H,15,17)/t9-/m0/s1. The van der Waals surface area contributed by atoms with Gasteiger partial charge in [0.1, 0.15) is 11.9 Å². The molecule has 6 heteroatoms. The van der Waals surface area contributed by atoms with Crippen molar-refractivity contribution < 1.29 is 14.0 Å². The summed E-state index contributed by atoms with van der Waals surface area (Å²) in [4.78, 5) is 22.6. The highest BCUT2D eigenvalue weighted by Crippen LogP contribution is 2.20. The van der Waals surface area contributed by atoms with Crippen LogP contribution in [0.5, 0.6) is 0 Å². The molecule has 0 radical (unpaired) electrons. The number of benzene rings is 1. The highest BCUT2D eigenvalue weighted by atomic mass is 79.9. The average Bonchev–Trinajstić information content (AvgIpc) is 2.69. The molecule has 1 fully saturated rings. The molecule has 1 aromatic rings. The molecule has 2 amide bonds. The zero-order chi connectivity index (χ0) is 12.4. The van der Waals surface area contributed by atoms with Gasteiger partial charge in [0.2, 0.25) is 11.8 Å². The van der Waals surface area contributed by atoms with E-state index in [1.807, 2.05) is 0 Å². The first-order chi connectivity index (χ1) is 8.06. The van der Waals surface area contributed by atoms with E-state index in [2.05, 4.69) is 26.6 Å².